The van der Waals surface area contributed by atoms with Gasteiger partial charge in [0.25, 0.3) is 5.91 Å². The third kappa shape index (κ3) is 3.79. The van der Waals surface area contributed by atoms with Crippen molar-refractivity contribution in [3.8, 4) is 11.5 Å². The highest BCUT2D eigenvalue weighted by atomic mass is 19.1. The van der Waals surface area contributed by atoms with Crippen LogP contribution < -0.4 is 14.8 Å². The van der Waals surface area contributed by atoms with E-state index in [-0.39, 0.29) is 30.8 Å². The van der Waals surface area contributed by atoms with E-state index in [4.69, 9.17) is 9.47 Å². The van der Waals surface area contributed by atoms with E-state index in [1.165, 1.54) is 24.1 Å². The predicted octanol–water partition coefficient (Wildman–Crippen LogP) is 3.39. The lowest BCUT2D eigenvalue weighted by Crippen LogP contribution is -2.47. The molecule has 0 aromatic heterocycles. The topological polar surface area (TPSA) is 71.1 Å². The van der Waals surface area contributed by atoms with Crippen molar-refractivity contribution in [2.45, 2.75) is 12.6 Å². The molecule has 2 aromatic carbocycles. The van der Waals surface area contributed by atoms with Gasteiger partial charge in [0, 0.05) is 18.7 Å². The van der Waals surface area contributed by atoms with Crippen LogP contribution in [0, 0.1) is 5.82 Å². The minimum Gasteiger partial charge on any atom is -0.497 e. The molecular formula is C24H24FN3O4. The van der Waals surface area contributed by atoms with Crippen molar-refractivity contribution in [1.29, 1.82) is 0 Å². The molecular weight excluding hydrogens is 413 g/mol. The Hall–Kier alpha value is -3.81. The Bertz CT molecular complexity index is 1100. The van der Waals surface area contributed by atoms with Gasteiger partial charge in [0.15, 0.2) is 0 Å². The zero-order valence-electron chi connectivity index (χ0n) is 17.9. The zero-order valence-corrected chi connectivity index (χ0v) is 17.9. The number of urea groups is 1. The fraction of sp³-hybridized carbons (Fsp3) is 0.250. The lowest BCUT2D eigenvalue weighted by molar-refractivity contribution is -0.126. The zero-order chi connectivity index (χ0) is 22.8. The van der Waals surface area contributed by atoms with Crippen LogP contribution in [0.4, 0.5) is 9.18 Å². The Labute approximate surface area is 185 Å². The molecule has 32 heavy (non-hydrogen) atoms. The molecule has 2 aliphatic heterocycles. The van der Waals surface area contributed by atoms with Crippen LogP contribution in [0.5, 0.6) is 11.5 Å². The van der Waals surface area contributed by atoms with E-state index in [0.29, 0.717) is 34.9 Å². The van der Waals surface area contributed by atoms with Gasteiger partial charge < -0.3 is 19.7 Å². The highest BCUT2D eigenvalue weighted by Crippen LogP contribution is 2.41. The number of carbonyl (C=O) groups is 2. The molecule has 166 valence electrons. The molecule has 8 heteroatoms. The Kier molecular flexibility index (Phi) is 5.85. The van der Waals surface area contributed by atoms with Gasteiger partial charge in [0.2, 0.25) is 0 Å². The third-order valence-electron chi connectivity index (χ3n) is 5.64. The van der Waals surface area contributed by atoms with Crippen molar-refractivity contribution >= 4 is 11.9 Å². The maximum absolute atomic E-state index is 13.5. The van der Waals surface area contributed by atoms with Crippen LogP contribution in [0.25, 0.3) is 0 Å². The number of benzene rings is 2. The summed E-state index contributed by atoms with van der Waals surface area (Å²) in [4.78, 5) is 29.7. The van der Waals surface area contributed by atoms with Crippen LogP contribution in [-0.2, 0) is 11.3 Å². The average Bonchev–Trinajstić information content (AvgIpc) is 3.12. The fourth-order valence-electron chi connectivity index (χ4n) is 4.11. The summed E-state index contributed by atoms with van der Waals surface area (Å²) >= 11 is 0. The highest BCUT2D eigenvalue weighted by Gasteiger charge is 2.44. The summed E-state index contributed by atoms with van der Waals surface area (Å²) in [6, 6.07) is 10.2. The molecule has 2 heterocycles. The normalized spacial score (nSPS) is 17.9. The maximum Gasteiger partial charge on any atom is 0.322 e. The molecule has 0 radical (unpaired) electrons. The van der Waals surface area contributed by atoms with Crippen molar-refractivity contribution in [2.24, 2.45) is 0 Å². The summed E-state index contributed by atoms with van der Waals surface area (Å²) in [5.41, 5.74) is 2.52. The molecule has 1 N–H and O–H groups in total. The number of ether oxygens (including phenoxy) is 2. The van der Waals surface area contributed by atoms with Crippen molar-refractivity contribution in [3.63, 3.8) is 0 Å². The van der Waals surface area contributed by atoms with Crippen molar-refractivity contribution in [2.75, 3.05) is 27.3 Å². The number of nitrogens with one attached hydrogen (secondary N) is 1. The summed E-state index contributed by atoms with van der Waals surface area (Å²) in [6.07, 6.45) is 1.61. The number of rotatable bonds is 7. The first-order valence-electron chi connectivity index (χ1n) is 10.1. The van der Waals surface area contributed by atoms with E-state index in [0.717, 1.165) is 5.56 Å². The van der Waals surface area contributed by atoms with Gasteiger partial charge in [-0.05, 0) is 35.9 Å². The molecule has 7 nitrogen and oxygen atoms in total. The summed E-state index contributed by atoms with van der Waals surface area (Å²) in [5, 5.41) is 2.94. The Morgan fingerprint density at radius 3 is 2.56 bits per heavy atom. The number of methoxy groups -OCH3 is 2. The first kappa shape index (κ1) is 21.4. The second-order valence-corrected chi connectivity index (χ2v) is 7.54. The van der Waals surface area contributed by atoms with E-state index in [1.54, 1.807) is 48.4 Å². The number of hydrogen-bond acceptors (Lipinski definition) is 4. The monoisotopic (exact) mass is 437 g/mol. The van der Waals surface area contributed by atoms with Crippen LogP contribution in [0.15, 0.2) is 66.4 Å². The van der Waals surface area contributed by atoms with Gasteiger partial charge in [-0.15, -0.1) is 6.58 Å². The summed E-state index contributed by atoms with van der Waals surface area (Å²) in [6.45, 7) is 4.55. The molecule has 2 aromatic rings. The molecule has 0 saturated heterocycles. The number of halogens is 1. The summed E-state index contributed by atoms with van der Waals surface area (Å²) < 4.78 is 24.1. The van der Waals surface area contributed by atoms with Crippen LogP contribution in [0.3, 0.4) is 0 Å². The van der Waals surface area contributed by atoms with Gasteiger partial charge in [0.1, 0.15) is 17.3 Å². The summed E-state index contributed by atoms with van der Waals surface area (Å²) in [5.74, 6) is 0.577. The molecule has 1 atom stereocenters. The lowest BCUT2D eigenvalue weighted by Gasteiger charge is -2.33. The van der Waals surface area contributed by atoms with Crippen LogP contribution in [0.1, 0.15) is 17.2 Å². The summed E-state index contributed by atoms with van der Waals surface area (Å²) in [7, 11) is 3.08. The molecule has 0 spiro atoms. The quantitative estimate of drug-likeness (QED) is 0.674. The van der Waals surface area contributed by atoms with Crippen LogP contribution in [-0.4, -0.2) is 49.0 Å². The van der Waals surface area contributed by atoms with Gasteiger partial charge in [0.05, 0.1) is 38.1 Å². The van der Waals surface area contributed by atoms with E-state index >= 15 is 0 Å². The van der Waals surface area contributed by atoms with E-state index < -0.39 is 6.04 Å². The second kappa shape index (κ2) is 8.74. The van der Waals surface area contributed by atoms with Crippen molar-refractivity contribution < 1.29 is 23.5 Å². The lowest BCUT2D eigenvalue weighted by atomic mass is 9.94. The van der Waals surface area contributed by atoms with Crippen LogP contribution in [0.2, 0.25) is 0 Å². The predicted molar refractivity (Wildman–Crippen MR) is 117 cm³/mol. The maximum atomic E-state index is 13.5. The molecule has 2 aliphatic rings. The Morgan fingerprint density at radius 1 is 1.16 bits per heavy atom. The van der Waals surface area contributed by atoms with Crippen molar-refractivity contribution in [3.05, 3.63) is 83.3 Å². The van der Waals surface area contributed by atoms with E-state index in [9.17, 15) is 14.0 Å². The molecule has 0 bridgehead atoms. The average molecular weight is 437 g/mol. The Balaban J connectivity index is 1.75. The SMILES string of the molecule is C=CCN1C(=O)NC(c2cc(OC)ccc2OC)C2=C1CN(Cc1ccc(F)cc1)C2=O. The van der Waals surface area contributed by atoms with Crippen LogP contribution >= 0.6 is 0 Å². The smallest absolute Gasteiger partial charge is 0.322 e. The van der Waals surface area contributed by atoms with E-state index in [2.05, 4.69) is 11.9 Å². The molecule has 3 amide bonds. The van der Waals surface area contributed by atoms with Gasteiger partial charge >= 0.3 is 6.03 Å². The van der Waals surface area contributed by atoms with Crippen molar-refractivity contribution in [1.82, 2.24) is 15.1 Å². The van der Waals surface area contributed by atoms with E-state index in [1.807, 2.05) is 0 Å². The number of hydrogen-bond donors (Lipinski definition) is 1. The number of nitrogens with zero attached hydrogens (tertiary/aromatic N) is 2. The Morgan fingerprint density at radius 2 is 1.91 bits per heavy atom. The molecule has 0 fully saturated rings. The van der Waals surface area contributed by atoms with Gasteiger partial charge in [-0.2, -0.15) is 0 Å². The highest BCUT2D eigenvalue weighted by molar-refractivity contribution is 6.01. The molecule has 0 aliphatic carbocycles. The largest absolute Gasteiger partial charge is 0.497 e. The first-order valence-corrected chi connectivity index (χ1v) is 10.1. The van der Waals surface area contributed by atoms with Gasteiger partial charge in [-0.3, -0.25) is 9.69 Å². The van der Waals surface area contributed by atoms with Gasteiger partial charge in [-0.25, -0.2) is 9.18 Å². The number of amides is 3. The first-order chi connectivity index (χ1) is 15.5. The molecule has 0 saturated carbocycles. The fourth-order valence-corrected chi connectivity index (χ4v) is 4.11. The third-order valence-corrected chi connectivity index (χ3v) is 5.64. The number of carbonyl (C=O) groups excluding carboxylic acids is 2. The standard InChI is InChI=1S/C24H24FN3O4/c1-4-11-28-19-14-27(13-15-5-7-16(25)8-6-15)23(29)21(19)22(26-24(28)30)18-12-17(31-2)9-10-20(18)32-3/h4-10,12,22H,1,11,13-14H2,2-3H3,(H,26,30). The molecule has 4 rings (SSSR count). The minimum absolute atomic E-state index is 0.201. The minimum atomic E-state index is -0.700. The van der Waals surface area contributed by atoms with Gasteiger partial charge in [-0.1, -0.05) is 18.2 Å². The second-order valence-electron chi connectivity index (χ2n) is 7.54. The molecule has 1 unspecified atom stereocenters.